The van der Waals surface area contributed by atoms with Crippen LogP contribution in [0.4, 0.5) is 5.69 Å². The maximum Gasteiger partial charge on any atom is 0.120 e. The number of nitrogens with zero attached hydrogens (tertiary/aromatic N) is 2. The van der Waals surface area contributed by atoms with Gasteiger partial charge in [0.05, 0.1) is 7.11 Å². The third-order valence-corrected chi connectivity index (χ3v) is 6.18. The van der Waals surface area contributed by atoms with E-state index in [1.807, 2.05) is 6.07 Å². The summed E-state index contributed by atoms with van der Waals surface area (Å²) in [6.45, 7) is 7.04. The molecule has 2 aliphatic heterocycles. The maximum absolute atomic E-state index is 9.85. The van der Waals surface area contributed by atoms with Gasteiger partial charge in [-0.2, -0.15) is 0 Å². The normalized spacial score (nSPS) is 26.5. The zero-order chi connectivity index (χ0) is 17.0. The number of aliphatic hydroxyl groups is 1. The smallest absolute Gasteiger partial charge is 0.120 e. The molecule has 2 heterocycles. The van der Waals surface area contributed by atoms with Crippen molar-refractivity contribution in [2.45, 2.75) is 45.1 Å². The number of methoxy groups -OCH3 is 1. The summed E-state index contributed by atoms with van der Waals surface area (Å²) in [6, 6.07) is 9.06. The molecule has 1 aromatic carbocycles. The lowest BCUT2D eigenvalue weighted by Crippen LogP contribution is -2.52. The molecule has 0 aliphatic carbocycles. The van der Waals surface area contributed by atoms with Crippen LogP contribution >= 0.6 is 0 Å². The number of hydrogen-bond donors (Lipinski definition) is 1. The van der Waals surface area contributed by atoms with Gasteiger partial charge < -0.3 is 14.7 Å². The number of aliphatic hydroxyl groups excluding tert-OH is 1. The summed E-state index contributed by atoms with van der Waals surface area (Å²) < 4.78 is 5.35. The largest absolute Gasteiger partial charge is 0.497 e. The molecule has 0 spiro atoms. The van der Waals surface area contributed by atoms with Crippen LogP contribution in [0.1, 0.15) is 39.0 Å². The van der Waals surface area contributed by atoms with Gasteiger partial charge in [-0.3, -0.25) is 4.90 Å². The molecule has 2 saturated heterocycles. The number of benzene rings is 1. The summed E-state index contributed by atoms with van der Waals surface area (Å²) in [4.78, 5) is 5.13. The Morgan fingerprint density at radius 1 is 1.25 bits per heavy atom. The highest BCUT2D eigenvalue weighted by atomic mass is 16.5. The molecule has 4 nitrogen and oxygen atoms in total. The molecule has 0 unspecified atom stereocenters. The average molecular weight is 332 g/mol. The molecular weight excluding hydrogens is 300 g/mol. The van der Waals surface area contributed by atoms with Crippen LogP contribution in [0.2, 0.25) is 0 Å². The number of hydrogen-bond acceptors (Lipinski definition) is 4. The first-order valence-corrected chi connectivity index (χ1v) is 9.43. The molecule has 1 aromatic rings. The van der Waals surface area contributed by atoms with E-state index in [0.717, 1.165) is 31.8 Å². The van der Waals surface area contributed by atoms with E-state index in [9.17, 15) is 5.11 Å². The van der Waals surface area contributed by atoms with E-state index in [0.29, 0.717) is 12.6 Å². The molecule has 0 amide bonds. The van der Waals surface area contributed by atoms with Crippen LogP contribution in [0, 0.1) is 5.41 Å². The minimum atomic E-state index is 0.141. The Hall–Kier alpha value is -1.26. The molecule has 0 radical (unpaired) electrons. The molecule has 24 heavy (non-hydrogen) atoms. The molecule has 134 valence electrons. The van der Waals surface area contributed by atoms with Crippen molar-refractivity contribution in [2.75, 3.05) is 44.8 Å². The van der Waals surface area contributed by atoms with Gasteiger partial charge in [-0.1, -0.05) is 13.0 Å². The van der Waals surface area contributed by atoms with E-state index in [4.69, 9.17) is 4.74 Å². The van der Waals surface area contributed by atoms with Gasteiger partial charge in [0.15, 0.2) is 0 Å². The Labute approximate surface area is 146 Å². The Morgan fingerprint density at radius 3 is 2.71 bits per heavy atom. The minimum absolute atomic E-state index is 0.141. The molecule has 3 rings (SSSR count). The monoisotopic (exact) mass is 332 g/mol. The van der Waals surface area contributed by atoms with Crippen molar-refractivity contribution in [2.24, 2.45) is 5.41 Å². The predicted octanol–water partition coefficient (Wildman–Crippen LogP) is 3.15. The van der Waals surface area contributed by atoms with Crippen molar-refractivity contribution in [1.82, 2.24) is 4.90 Å². The highest BCUT2D eigenvalue weighted by molar-refractivity contribution is 5.51. The van der Waals surface area contributed by atoms with Gasteiger partial charge in [0, 0.05) is 49.5 Å². The summed E-state index contributed by atoms with van der Waals surface area (Å²) in [5, 5.41) is 9.85. The molecule has 2 fully saturated rings. The Balaban J connectivity index is 1.58. The lowest BCUT2D eigenvalue weighted by Gasteiger charge is -2.47. The van der Waals surface area contributed by atoms with E-state index in [1.165, 1.54) is 37.9 Å². The maximum atomic E-state index is 9.85. The van der Waals surface area contributed by atoms with E-state index < -0.39 is 0 Å². The minimum Gasteiger partial charge on any atom is -0.497 e. The van der Waals surface area contributed by atoms with E-state index in [-0.39, 0.29) is 5.41 Å². The third kappa shape index (κ3) is 3.70. The van der Waals surface area contributed by atoms with Gasteiger partial charge in [-0.25, -0.2) is 0 Å². The highest BCUT2D eigenvalue weighted by Gasteiger charge is 2.36. The number of piperidine rings is 2. The predicted molar refractivity (Wildman–Crippen MR) is 98.8 cm³/mol. The lowest BCUT2D eigenvalue weighted by atomic mass is 9.77. The van der Waals surface area contributed by atoms with Gasteiger partial charge >= 0.3 is 0 Å². The first-order valence-electron chi connectivity index (χ1n) is 9.43. The zero-order valence-corrected chi connectivity index (χ0v) is 15.2. The van der Waals surface area contributed by atoms with Crippen LogP contribution in [0.25, 0.3) is 0 Å². The first kappa shape index (κ1) is 17.6. The van der Waals surface area contributed by atoms with Crippen LogP contribution in [0.15, 0.2) is 24.3 Å². The second kappa shape index (κ2) is 7.75. The zero-order valence-electron chi connectivity index (χ0n) is 15.2. The summed E-state index contributed by atoms with van der Waals surface area (Å²) in [7, 11) is 1.73. The van der Waals surface area contributed by atoms with Crippen molar-refractivity contribution in [3.05, 3.63) is 24.3 Å². The van der Waals surface area contributed by atoms with Gasteiger partial charge in [0.2, 0.25) is 0 Å². The molecule has 1 atom stereocenters. The van der Waals surface area contributed by atoms with Crippen LogP contribution < -0.4 is 9.64 Å². The van der Waals surface area contributed by atoms with Crippen molar-refractivity contribution in [3.8, 4) is 5.75 Å². The SMILES string of the molecule is CC[C@@]1(CO)CCCN(C2CCN(c3cccc(OC)c3)CC2)C1. The molecule has 1 N–H and O–H groups in total. The van der Waals surface area contributed by atoms with Gasteiger partial charge in [-0.05, 0) is 50.8 Å². The Kier molecular flexibility index (Phi) is 5.67. The Bertz CT molecular complexity index is 522. The summed E-state index contributed by atoms with van der Waals surface area (Å²) in [5.74, 6) is 0.932. The molecular formula is C20H32N2O2. The van der Waals surface area contributed by atoms with Crippen LogP contribution in [0.5, 0.6) is 5.75 Å². The van der Waals surface area contributed by atoms with E-state index >= 15 is 0 Å². The van der Waals surface area contributed by atoms with E-state index in [1.54, 1.807) is 7.11 Å². The highest BCUT2D eigenvalue weighted by Crippen LogP contribution is 2.35. The number of rotatable bonds is 5. The summed E-state index contributed by atoms with van der Waals surface area (Å²) >= 11 is 0. The fourth-order valence-electron chi connectivity index (χ4n) is 4.38. The van der Waals surface area contributed by atoms with Crippen LogP contribution in [-0.2, 0) is 0 Å². The fourth-order valence-corrected chi connectivity index (χ4v) is 4.38. The van der Waals surface area contributed by atoms with Gasteiger partial charge in [-0.15, -0.1) is 0 Å². The first-order chi connectivity index (χ1) is 11.7. The molecule has 0 aromatic heterocycles. The van der Waals surface area contributed by atoms with Crippen molar-refractivity contribution >= 4 is 5.69 Å². The second-order valence-corrected chi connectivity index (χ2v) is 7.51. The number of likely N-dealkylation sites (tertiary alicyclic amines) is 1. The van der Waals surface area contributed by atoms with Crippen LogP contribution in [0.3, 0.4) is 0 Å². The Morgan fingerprint density at radius 2 is 2.04 bits per heavy atom. The van der Waals surface area contributed by atoms with E-state index in [2.05, 4.69) is 34.9 Å². The van der Waals surface area contributed by atoms with Crippen LogP contribution in [-0.4, -0.2) is 55.9 Å². The van der Waals surface area contributed by atoms with Crippen molar-refractivity contribution in [1.29, 1.82) is 0 Å². The molecule has 2 aliphatic rings. The fraction of sp³-hybridized carbons (Fsp3) is 0.700. The third-order valence-electron chi connectivity index (χ3n) is 6.18. The number of anilines is 1. The molecule has 0 bridgehead atoms. The summed E-state index contributed by atoms with van der Waals surface area (Å²) in [5.41, 5.74) is 1.41. The number of ether oxygens (including phenoxy) is 1. The van der Waals surface area contributed by atoms with Crippen molar-refractivity contribution in [3.63, 3.8) is 0 Å². The molecule has 0 saturated carbocycles. The standard InChI is InChI=1S/C20H32N2O2/c1-3-20(16-23)10-5-11-22(15-20)17-8-12-21(13-9-17)18-6-4-7-19(14-18)24-2/h4,6-7,14,17,23H,3,5,8-13,15-16H2,1-2H3/t20-/m1/s1. The average Bonchev–Trinajstić information content (AvgIpc) is 2.68. The summed E-state index contributed by atoms with van der Waals surface area (Å²) in [6.07, 6.45) is 5.91. The molecule has 4 heteroatoms. The van der Waals surface area contributed by atoms with Gasteiger partial charge in [0.1, 0.15) is 5.75 Å². The lowest BCUT2D eigenvalue weighted by molar-refractivity contribution is 0.00474. The van der Waals surface area contributed by atoms with Gasteiger partial charge in [0.25, 0.3) is 0 Å². The second-order valence-electron chi connectivity index (χ2n) is 7.51. The topological polar surface area (TPSA) is 35.9 Å². The van der Waals surface area contributed by atoms with Crippen molar-refractivity contribution < 1.29 is 9.84 Å². The quantitative estimate of drug-likeness (QED) is 0.898.